The Labute approximate surface area is 144 Å². The summed E-state index contributed by atoms with van der Waals surface area (Å²) in [6, 6.07) is 15.0. The molecule has 5 nitrogen and oxygen atoms in total. The fourth-order valence-electron chi connectivity index (χ4n) is 2.11. The normalized spacial score (nSPS) is 10.3. The average Bonchev–Trinajstić information content (AvgIpc) is 3.29. The largest absolute Gasteiger partial charge is 0.492 e. The lowest BCUT2D eigenvalue weighted by molar-refractivity contribution is 0.235. The molecule has 2 heterocycles. The van der Waals surface area contributed by atoms with Gasteiger partial charge in [0.2, 0.25) is 0 Å². The van der Waals surface area contributed by atoms with Crippen molar-refractivity contribution in [3.63, 3.8) is 0 Å². The first-order valence-corrected chi connectivity index (χ1v) is 8.56. The molecule has 2 amide bonds. The first-order valence-electron chi connectivity index (χ1n) is 7.62. The lowest BCUT2D eigenvalue weighted by atomic mass is 10.3. The van der Waals surface area contributed by atoms with Crippen molar-refractivity contribution in [3.8, 4) is 17.1 Å². The molecule has 3 aromatic rings. The maximum atomic E-state index is 11.7. The van der Waals surface area contributed by atoms with Crippen molar-refractivity contribution in [2.24, 2.45) is 0 Å². The fraction of sp³-hybridized carbons (Fsp3) is 0.167. The van der Waals surface area contributed by atoms with E-state index >= 15 is 0 Å². The van der Waals surface area contributed by atoms with E-state index < -0.39 is 0 Å². The smallest absolute Gasteiger partial charge is 0.315 e. The van der Waals surface area contributed by atoms with Gasteiger partial charge in [0.1, 0.15) is 23.9 Å². The predicted octanol–water partition coefficient (Wildman–Crippen LogP) is 3.89. The van der Waals surface area contributed by atoms with Gasteiger partial charge in [-0.05, 0) is 35.7 Å². The van der Waals surface area contributed by atoms with Gasteiger partial charge < -0.3 is 19.8 Å². The van der Waals surface area contributed by atoms with Gasteiger partial charge in [-0.3, -0.25) is 0 Å². The van der Waals surface area contributed by atoms with Crippen LogP contribution in [0, 0.1) is 0 Å². The summed E-state index contributed by atoms with van der Waals surface area (Å²) in [6.45, 7) is 1.19. The van der Waals surface area contributed by atoms with Crippen LogP contribution in [-0.2, 0) is 6.54 Å². The number of hydrogen-bond donors (Lipinski definition) is 2. The molecule has 0 atom stereocenters. The third-order valence-electron chi connectivity index (χ3n) is 3.29. The molecule has 2 aromatic heterocycles. The maximum absolute atomic E-state index is 11.7. The van der Waals surface area contributed by atoms with E-state index in [2.05, 4.69) is 10.6 Å². The molecular weight excluding hydrogens is 324 g/mol. The summed E-state index contributed by atoms with van der Waals surface area (Å²) in [5.41, 5.74) is 1.05. The van der Waals surface area contributed by atoms with Crippen molar-refractivity contribution >= 4 is 17.4 Å². The Hall–Kier alpha value is -2.73. The number of amides is 2. The van der Waals surface area contributed by atoms with Crippen LogP contribution in [0.25, 0.3) is 11.3 Å². The number of urea groups is 1. The minimum absolute atomic E-state index is 0.250. The van der Waals surface area contributed by atoms with Crippen LogP contribution in [0.3, 0.4) is 0 Å². The van der Waals surface area contributed by atoms with Crippen molar-refractivity contribution < 1.29 is 13.9 Å². The molecule has 0 saturated heterocycles. The number of benzene rings is 1. The van der Waals surface area contributed by atoms with Gasteiger partial charge in [0.15, 0.2) is 0 Å². The Bertz CT molecular complexity index is 754. The zero-order chi connectivity index (χ0) is 16.6. The van der Waals surface area contributed by atoms with Crippen LogP contribution in [0.5, 0.6) is 5.75 Å². The molecule has 0 bridgehead atoms. The third kappa shape index (κ3) is 4.63. The lowest BCUT2D eigenvalue weighted by Gasteiger charge is -2.08. The van der Waals surface area contributed by atoms with Gasteiger partial charge in [0, 0.05) is 10.9 Å². The minimum atomic E-state index is -0.250. The standard InChI is InChI=1S/C18H18N2O3S/c21-18(19-9-10-22-15-4-2-1-3-5-15)20-12-16-6-7-17(23-16)14-8-11-24-13-14/h1-8,11,13H,9-10,12H2,(H2,19,20,21). The van der Waals surface area contributed by atoms with Crippen LogP contribution >= 0.6 is 11.3 Å². The van der Waals surface area contributed by atoms with Gasteiger partial charge >= 0.3 is 6.03 Å². The first-order chi connectivity index (χ1) is 11.8. The molecule has 124 valence electrons. The van der Waals surface area contributed by atoms with Crippen molar-refractivity contribution in [2.45, 2.75) is 6.54 Å². The van der Waals surface area contributed by atoms with Crippen LogP contribution in [0.15, 0.2) is 63.7 Å². The third-order valence-corrected chi connectivity index (χ3v) is 3.97. The molecule has 0 aliphatic rings. The highest BCUT2D eigenvalue weighted by atomic mass is 32.1. The molecule has 0 radical (unpaired) electrons. The zero-order valence-corrected chi connectivity index (χ0v) is 13.8. The molecule has 3 rings (SSSR count). The number of para-hydroxylation sites is 1. The Morgan fingerprint density at radius 2 is 1.96 bits per heavy atom. The lowest BCUT2D eigenvalue weighted by Crippen LogP contribution is -2.37. The minimum Gasteiger partial charge on any atom is -0.492 e. The number of hydrogen-bond acceptors (Lipinski definition) is 4. The van der Waals surface area contributed by atoms with E-state index in [1.807, 2.05) is 59.3 Å². The van der Waals surface area contributed by atoms with Crippen LogP contribution in [0.1, 0.15) is 5.76 Å². The van der Waals surface area contributed by atoms with Crippen LogP contribution in [0.4, 0.5) is 4.79 Å². The van der Waals surface area contributed by atoms with Gasteiger partial charge in [-0.1, -0.05) is 18.2 Å². The molecule has 0 saturated carbocycles. The summed E-state index contributed by atoms with van der Waals surface area (Å²) in [5, 5.41) is 9.53. The molecule has 2 N–H and O–H groups in total. The van der Waals surface area contributed by atoms with E-state index in [9.17, 15) is 4.79 Å². The van der Waals surface area contributed by atoms with Gasteiger partial charge in [0.05, 0.1) is 13.1 Å². The number of rotatable bonds is 7. The highest BCUT2D eigenvalue weighted by molar-refractivity contribution is 7.08. The molecule has 1 aromatic carbocycles. The van der Waals surface area contributed by atoms with Gasteiger partial charge in [-0.2, -0.15) is 11.3 Å². The van der Waals surface area contributed by atoms with Gasteiger partial charge in [-0.15, -0.1) is 0 Å². The number of thiophene rings is 1. The van der Waals surface area contributed by atoms with Gasteiger partial charge in [-0.25, -0.2) is 4.79 Å². The van der Waals surface area contributed by atoms with E-state index in [1.54, 1.807) is 11.3 Å². The van der Waals surface area contributed by atoms with Crippen molar-refractivity contribution in [1.82, 2.24) is 10.6 Å². The fourth-order valence-corrected chi connectivity index (χ4v) is 2.76. The van der Waals surface area contributed by atoms with E-state index in [1.165, 1.54) is 0 Å². The van der Waals surface area contributed by atoms with Crippen LogP contribution < -0.4 is 15.4 Å². The van der Waals surface area contributed by atoms with Crippen LogP contribution in [-0.4, -0.2) is 19.2 Å². The Kier molecular flexibility index (Phi) is 5.52. The van der Waals surface area contributed by atoms with E-state index in [0.717, 1.165) is 17.1 Å². The van der Waals surface area contributed by atoms with E-state index in [-0.39, 0.29) is 6.03 Å². The number of carbonyl (C=O) groups is 1. The molecule has 0 aliphatic heterocycles. The summed E-state index contributed by atoms with van der Waals surface area (Å²) in [6.07, 6.45) is 0. The predicted molar refractivity (Wildman–Crippen MR) is 94.2 cm³/mol. The van der Waals surface area contributed by atoms with Crippen molar-refractivity contribution in [2.75, 3.05) is 13.2 Å². The topological polar surface area (TPSA) is 63.5 Å². The molecule has 0 unspecified atom stereocenters. The highest BCUT2D eigenvalue weighted by Crippen LogP contribution is 2.24. The number of ether oxygens (including phenoxy) is 1. The Morgan fingerprint density at radius 1 is 1.08 bits per heavy atom. The zero-order valence-electron chi connectivity index (χ0n) is 13.0. The Morgan fingerprint density at radius 3 is 2.75 bits per heavy atom. The Balaban J connectivity index is 1.35. The second-order valence-corrected chi connectivity index (χ2v) is 5.83. The summed E-state index contributed by atoms with van der Waals surface area (Å²) in [5.74, 6) is 2.31. The van der Waals surface area contributed by atoms with Crippen LogP contribution in [0.2, 0.25) is 0 Å². The SMILES string of the molecule is O=C(NCCOc1ccccc1)NCc1ccc(-c2ccsc2)o1. The number of furan rings is 1. The highest BCUT2D eigenvalue weighted by Gasteiger charge is 2.06. The number of carbonyl (C=O) groups excluding carboxylic acids is 1. The van der Waals surface area contributed by atoms with Crippen molar-refractivity contribution in [3.05, 3.63) is 65.1 Å². The van der Waals surface area contributed by atoms with Crippen molar-refractivity contribution in [1.29, 1.82) is 0 Å². The quantitative estimate of drug-likeness (QED) is 0.640. The van der Waals surface area contributed by atoms with E-state index in [4.69, 9.17) is 9.15 Å². The molecular formula is C18H18N2O3S. The first kappa shape index (κ1) is 16.1. The van der Waals surface area contributed by atoms with Gasteiger partial charge in [0.25, 0.3) is 0 Å². The average molecular weight is 342 g/mol. The molecule has 0 aliphatic carbocycles. The number of nitrogens with one attached hydrogen (secondary N) is 2. The maximum Gasteiger partial charge on any atom is 0.315 e. The van der Waals surface area contributed by atoms with E-state index in [0.29, 0.717) is 25.5 Å². The summed E-state index contributed by atoms with van der Waals surface area (Å²) >= 11 is 1.62. The second kappa shape index (κ2) is 8.21. The summed E-state index contributed by atoms with van der Waals surface area (Å²) in [7, 11) is 0. The monoisotopic (exact) mass is 342 g/mol. The second-order valence-electron chi connectivity index (χ2n) is 5.05. The molecule has 0 fully saturated rings. The molecule has 24 heavy (non-hydrogen) atoms. The summed E-state index contributed by atoms with van der Waals surface area (Å²) in [4.78, 5) is 11.7. The summed E-state index contributed by atoms with van der Waals surface area (Å²) < 4.78 is 11.2. The molecule has 0 spiro atoms. The molecule has 6 heteroatoms.